The maximum atomic E-state index is 4.42. The number of fused-ring (bicyclic) bond motifs is 1. The molecule has 0 spiro atoms. The minimum Gasteiger partial charge on any atom is -0.352 e. The highest BCUT2D eigenvalue weighted by molar-refractivity contribution is 5.55. The molecule has 0 saturated heterocycles. The molecule has 0 bridgehead atoms. The molecule has 1 aromatic heterocycles. The van der Waals surface area contributed by atoms with E-state index in [1.807, 2.05) is 0 Å². The fourth-order valence-corrected chi connectivity index (χ4v) is 2.17. The van der Waals surface area contributed by atoms with Crippen LogP contribution in [0.4, 0.5) is 5.82 Å². The van der Waals surface area contributed by atoms with Crippen LogP contribution in [0, 0.1) is 0 Å². The molecule has 14 heavy (non-hydrogen) atoms. The molecule has 3 heteroatoms. The third-order valence-electron chi connectivity index (χ3n) is 2.95. The van der Waals surface area contributed by atoms with E-state index in [9.17, 15) is 0 Å². The molecule has 0 amide bonds. The fourth-order valence-electron chi connectivity index (χ4n) is 2.17. The molecule has 0 aromatic carbocycles. The van der Waals surface area contributed by atoms with Gasteiger partial charge in [0.25, 0.3) is 0 Å². The van der Waals surface area contributed by atoms with Crippen LogP contribution in [0.5, 0.6) is 0 Å². The van der Waals surface area contributed by atoms with Crippen LogP contribution >= 0.6 is 0 Å². The predicted molar refractivity (Wildman–Crippen MR) is 61.0 cm³/mol. The van der Waals surface area contributed by atoms with Crippen molar-refractivity contribution in [2.24, 2.45) is 0 Å². The lowest BCUT2D eigenvalue weighted by atomic mass is 10.1. The Hall–Kier alpha value is -0.990. The van der Waals surface area contributed by atoms with Gasteiger partial charge in [-0.05, 0) is 26.2 Å². The Morgan fingerprint density at radius 3 is 2.64 bits per heavy atom. The molecular weight excluding hydrogens is 174 g/mol. The second-order valence-corrected chi connectivity index (χ2v) is 4.63. The molecule has 0 unspecified atom stereocenters. The maximum Gasteiger partial charge on any atom is 0.154 e. The van der Waals surface area contributed by atoms with Crippen molar-refractivity contribution in [3.63, 3.8) is 0 Å². The van der Waals surface area contributed by atoms with Crippen molar-refractivity contribution in [2.45, 2.75) is 46.1 Å². The Bertz CT molecular complexity index is 331. The Balaban J connectivity index is 0.00000112. The van der Waals surface area contributed by atoms with Gasteiger partial charge in [0.05, 0.1) is 0 Å². The Kier molecular flexibility index (Phi) is 2.25. The molecule has 1 N–H and O–H groups in total. The van der Waals surface area contributed by atoms with Crippen molar-refractivity contribution in [2.75, 3.05) is 11.4 Å². The number of anilines is 1. The van der Waals surface area contributed by atoms with E-state index < -0.39 is 0 Å². The van der Waals surface area contributed by atoms with Crippen molar-refractivity contribution < 1.29 is 1.43 Å². The second kappa shape index (κ2) is 3.30. The number of rotatable bonds is 2. The Morgan fingerprint density at radius 2 is 2.07 bits per heavy atom. The van der Waals surface area contributed by atoms with Gasteiger partial charge in [0.2, 0.25) is 0 Å². The monoisotopic (exact) mass is 195 g/mol. The summed E-state index contributed by atoms with van der Waals surface area (Å²) in [5.41, 5.74) is 2.76. The van der Waals surface area contributed by atoms with Crippen LogP contribution in [0.3, 0.4) is 0 Å². The van der Waals surface area contributed by atoms with Gasteiger partial charge in [-0.3, -0.25) is 5.10 Å². The summed E-state index contributed by atoms with van der Waals surface area (Å²) in [5, 5.41) is 7.59. The molecule has 1 aliphatic heterocycles. The maximum absolute atomic E-state index is 4.42. The van der Waals surface area contributed by atoms with Gasteiger partial charge in [-0.2, -0.15) is 5.10 Å². The van der Waals surface area contributed by atoms with Gasteiger partial charge in [0, 0.05) is 25.3 Å². The number of nitrogens with one attached hydrogen (secondary N) is 1. The molecule has 0 radical (unpaired) electrons. The largest absolute Gasteiger partial charge is 0.352 e. The fraction of sp³-hybridized carbons (Fsp3) is 0.727. The summed E-state index contributed by atoms with van der Waals surface area (Å²) in [6.45, 7) is 10.00. The number of hydrogen-bond donors (Lipinski definition) is 1. The van der Waals surface area contributed by atoms with E-state index in [0.29, 0.717) is 12.0 Å². The van der Waals surface area contributed by atoms with Gasteiger partial charge < -0.3 is 4.90 Å². The van der Waals surface area contributed by atoms with Gasteiger partial charge in [0.1, 0.15) is 0 Å². The van der Waals surface area contributed by atoms with E-state index in [4.69, 9.17) is 0 Å². The lowest BCUT2D eigenvalue weighted by molar-refractivity contribution is 0.690. The third kappa shape index (κ3) is 1.31. The number of H-pyrrole nitrogens is 1. The second-order valence-electron chi connectivity index (χ2n) is 4.63. The van der Waals surface area contributed by atoms with Crippen LogP contribution in [-0.2, 0) is 6.42 Å². The van der Waals surface area contributed by atoms with Crippen LogP contribution in [0.1, 0.15) is 46.3 Å². The molecule has 1 aliphatic rings. The number of nitrogens with zero attached hydrogens (tertiary/aromatic N) is 2. The zero-order valence-electron chi connectivity index (χ0n) is 9.46. The van der Waals surface area contributed by atoms with E-state index in [-0.39, 0.29) is 1.43 Å². The van der Waals surface area contributed by atoms with Crippen molar-refractivity contribution in [1.82, 2.24) is 10.2 Å². The first-order chi connectivity index (χ1) is 6.61. The van der Waals surface area contributed by atoms with E-state index >= 15 is 0 Å². The summed E-state index contributed by atoms with van der Waals surface area (Å²) in [6.07, 6.45) is 1.15. The standard InChI is InChI=1S/C11H19N3.H2/c1-7(2)10-9-5-6-14(8(3)4)11(9)13-12-10;/h7-8H,5-6H2,1-4H3,(H,12,13);1H. The topological polar surface area (TPSA) is 31.9 Å². The highest BCUT2D eigenvalue weighted by Crippen LogP contribution is 2.32. The molecule has 0 aliphatic carbocycles. The quantitative estimate of drug-likeness (QED) is 0.786. The van der Waals surface area contributed by atoms with Crippen molar-refractivity contribution in [3.8, 4) is 0 Å². The lowest BCUT2D eigenvalue weighted by Gasteiger charge is -2.21. The summed E-state index contributed by atoms with van der Waals surface area (Å²) in [4.78, 5) is 2.37. The van der Waals surface area contributed by atoms with Crippen LogP contribution in [-0.4, -0.2) is 22.8 Å². The van der Waals surface area contributed by atoms with Crippen molar-refractivity contribution in [3.05, 3.63) is 11.3 Å². The molecule has 0 fully saturated rings. The molecule has 3 nitrogen and oxygen atoms in total. The molecule has 0 atom stereocenters. The number of aromatic nitrogens is 2. The third-order valence-corrected chi connectivity index (χ3v) is 2.95. The Labute approximate surface area is 87.0 Å². The van der Waals surface area contributed by atoms with E-state index in [1.54, 1.807) is 0 Å². The van der Waals surface area contributed by atoms with Gasteiger partial charge in [-0.1, -0.05) is 13.8 Å². The predicted octanol–water partition coefficient (Wildman–Crippen LogP) is 2.55. The summed E-state index contributed by atoms with van der Waals surface area (Å²) in [6, 6.07) is 0.555. The first kappa shape index (κ1) is 9.56. The van der Waals surface area contributed by atoms with Gasteiger partial charge in [-0.25, -0.2) is 0 Å². The summed E-state index contributed by atoms with van der Waals surface area (Å²) in [7, 11) is 0. The number of hydrogen-bond acceptors (Lipinski definition) is 2. The van der Waals surface area contributed by atoms with Gasteiger partial charge >= 0.3 is 0 Å². The van der Waals surface area contributed by atoms with Crippen LogP contribution < -0.4 is 4.90 Å². The average molecular weight is 195 g/mol. The summed E-state index contributed by atoms with van der Waals surface area (Å²) < 4.78 is 0. The van der Waals surface area contributed by atoms with E-state index in [1.165, 1.54) is 17.1 Å². The molecular formula is C11H21N3. The highest BCUT2D eigenvalue weighted by atomic mass is 15.3. The van der Waals surface area contributed by atoms with Crippen LogP contribution in [0.15, 0.2) is 0 Å². The zero-order valence-corrected chi connectivity index (χ0v) is 9.46. The zero-order chi connectivity index (χ0) is 10.3. The van der Waals surface area contributed by atoms with Gasteiger partial charge in [-0.15, -0.1) is 0 Å². The SMILES string of the molecule is CC(C)c1[nH]nc2c1CCN2C(C)C.[HH]. The highest BCUT2D eigenvalue weighted by Gasteiger charge is 2.27. The summed E-state index contributed by atoms with van der Waals surface area (Å²) in [5.74, 6) is 1.74. The first-order valence-corrected chi connectivity index (χ1v) is 5.45. The van der Waals surface area contributed by atoms with Crippen LogP contribution in [0.25, 0.3) is 0 Å². The smallest absolute Gasteiger partial charge is 0.154 e. The lowest BCUT2D eigenvalue weighted by Crippen LogP contribution is -2.28. The number of aromatic amines is 1. The Morgan fingerprint density at radius 1 is 1.36 bits per heavy atom. The molecule has 0 saturated carbocycles. The minimum absolute atomic E-state index is 0. The molecule has 1 aromatic rings. The first-order valence-electron chi connectivity index (χ1n) is 5.45. The minimum atomic E-state index is 0. The molecule has 80 valence electrons. The van der Waals surface area contributed by atoms with E-state index in [0.717, 1.165) is 13.0 Å². The van der Waals surface area contributed by atoms with Gasteiger partial charge in [0.15, 0.2) is 5.82 Å². The van der Waals surface area contributed by atoms with Crippen molar-refractivity contribution in [1.29, 1.82) is 0 Å². The summed E-state index contributed by atoms with van der Waals surface area (Å²) >= 11 is 0. The van der Waals surface area contributed by atoms with E-state index in [2.05, 4.69) is 42.8 Å². The molecule has 2 rings (SSSR count). The molecule has 2 heterocycles. The average Bonchev–Trinajstić information content (AvgIpc) is 2.59. The van der Waals surface area contributed by atoms with Crippen LogP contribution in [0.2, 0.25) is 0 Å². The van der Waals surface area contributed by atoms with Crippen molar-refractivity contribution >= 4 is 5.82 Å². The normalized spacial score (nSPS) is 15.7.